The topological polar surface area (TPSA) is 99.8 Å². The minimum Gasteiger partial charge on any atom is -0.444 e. The Morgan fingerprint density at radius 1 is 1.57 bits per heavy atom. The lowest BCUT2D eigenvalue weighted by Gasteiger charge is -2.03. The minimum atomic E-state index is -4.22. The molecule has 1 amide bonds. The summed E-state index contributed by atoms with van der Waals surface area (Å²) < 4.78 is 15.6. The largest absolute Gasteiger partial charge is 0.444 e. The van der Waals surface area contributed by atoms with Gasteiger partial charge in [-0.25, -0.2) is 0 Å². The zero-order chi connectivity index (χ0) is 10.8. The molecule has 3 N–H and O–H groups in total. The molecular weight excluding hydrogens is 277 g/mol. The van der Waals surface area contributed by atoms with Crippen LogP contribution in [0.5, 0.6) is 0 Å². The number of rotatable bonds is 3. The van der Waals surface area contributed by atoms with Crippen molar-refractivity contribution in [3.8, 4) is 0 Å². The zero-order valence-corrected chi connectivity index (χ0v) is 9.29. The van der Waals surface area contributed by atoms with Crippen molar-refractivity contribution < 1.29 is 23.6 Å². The predicted molar refractivity (Wildman–Crippen MR) is 50.8 cm³/mol. The van der Waals surface area contributed by atoms with E-state index in [-0.39, 0.29) is 5.76 Å². The van der Waals surface area contributed by atoms with Crippen LogP contribution < -0.4 is 5.32 Å². The fraction of sp³-hybridized carbons (Fsp3) is 0.167. The number of halogens is 1. The molecule has 1 rings (SSSR count). The van der Waals surface area contributed by atoms with E-state index >= 15 is 0 Å². The molecule has 0 saturated carbocycles. The van der Waals surface area contributed by atoms with Crippen LogP contribution >= 0.6 is 23.5 Å². The maximum absolute atomic E-state index is 11.1. The van der Waals surface area contributed by atoms with E-state index in [1.54, 1.807) is 0 Å². The van der Waals surface area contributed by atoms with Crippen LogP contribution in [-0.2, 0) is 4.57 Å². The molecule has 8 heteroatoms. The van der Waals surface area contributed by atoms with Gasteiger partial charge in [-0.1, -0.05) is 0 Å². The van der Waals surface area contributed by atoms with E-state index in [4.69, 9.17) is 14.2 Å². The van der Waals surface area contributed by atoms with Crippen molar-refractivity contribution in [3.05, 3.63) is 22.6 Å². The highest BCUT2D eigenvalue weighted by Gasteiger charge is 2.16. The lowest BCUT2D eigenvalue weighted by atomic mass is 10.4. The first-order valence-corrected chi connectivity index (χ1v) is 6.05. The van der Waals surface area contributed by atoms with Crippen molar-refractivity contribution in [3.63, 3.8) is 0 Å². The number of hydrogen-bond acceptors (Lipinski definition) is 3. The van der Waals surface area contributed by atoms with Gasteiger partial charge < -0.3 is 19.5 Å². The summed E-state index contributed by atoms with van der Waals surface area (Å²) in [6.07, 6.45) is -0.704. The van der Waals surface area contributed by atoms with Gasteiger partial charge in [0, 0.05) is 0 Å². The van der Waals surface area contributed by atoms with Gasteiger partial charge >= 0.3 is 7.60 Å². The van der Waals surface area contributed by atoms with E-state index in [1.807, 2.05) is 5.32 Å². The second kappa shape index (κ2) is 4.27. The van der Waals surface area contributed by atoms with Crippen molar-refractivity contribution in [1.29, 1.82) is 0 Å². The molecule has 0 saturated heterocycles. The Labute approximate surface area is 87.6 Å². The third-order valence-electron chi connectivity index (χ3n) is 1.24. The van der Waals surface area contributed by atoms with Crippen molar-refractivity contribution in [2.45, 2.75) is 0 Å². The standard InChI is InChI=1S/C6H7BrNO5P/c7-5-2-1-4(13-5)6(9)8-3-14(10,11)12/h1-2H,3H2,(H,8,9)(H2,10,11,12). The molecule has 6 nitrogen and oxygen atoms in total. The molecule has 0 radical (unpaired) electrons. The quantitative estimate of drug-likeness (QED) is 0.716. The van der Waals surface area contributed by atoms with Crippen LogP contribution in [0.4, 0.5) is 0 Å². The molecule has 0 spiro atoms. The number of carbonyl (C=O) groups excluding carboxylic acids is 1. The smallest absolute Gasteiger partial charge is 0.344 e. The molecule has 0 aromatic carbocycles. The van der Waals surface area contributed by atoms with Gasteiger partial charge in [0.25, 0.3) is 5.91 Å². The lowest BCUT2D eigenvalue weighted by Crippen LogP contribution is -2.23. The highest BCUT2D eigenvalue weighted by Crippen LogP contribution is 2.32. The summed E-state index contributed by atoms with van der Waals surface area (Å²) in [5.74, 6) is -0.677. The van der Waals surface area contributed by atoms with Gasteiger partial charge in [-0.15, -0.1) is 0 Å². The van der Waals surface area contributed by atoms with Crippen LogP contribution in [0.3, 0.4) is 0 Å². The first kappa shape index (κ1) is 11.5. The van der Waals surface area contributed by atoms with Crippen LogP contribution in [0.1, 0.15) is 10.6 Å². The maximum atomic E-state index is 11.1. The molecule has 0 aliphatic rings. The number of amides is 1. The molecule has 0 bridgehead atoms. The average Bonchev–Trinajstić information content (AvgIpc) is 2.46. The summed E-state index contributed by atoms with van der Waals surface area (Å²) in [6, 6.07) is 2.89. The summed E-state index contributed by atoms with van der Waals surface area (Å²) in [6.45, 7) is 0. The number of carbonyl (C=O) groups is 1. The van der Waals surface area contributed by atoms with Crippen molar-refractivity contribution >= 4 is 29.4 Å². The number of hydrogen-bond donors (Lipinski definition) is 3. The van der Waals surface area contributed by atoms with E-state index in [2.05, 4.69) is 15.9 Å². The van der Waals surface area contributed by atoms with Crippen LogP contribution in [0, 0.1) is 0 Å². The van der Waals surface area contributed by atoms with Gasteiger partial charge in [-0.05, 0) is 28.1 Å². The molecule has 1 aromatic rings. The van der Waals surface area contributed by atoms with Crippen LogP contribution in [0.2, 0.25) is 0 Å². The van der Waals surface area contributed by atoms with Gasteiger partial charge in [0.1, 0.15) is 6.29 Å². The Morgan fingerprint density at radius 3 is 2.64 bits per heavy atom. The third kappa shape index (κ3) is 3.63. The molecule has 0 unspecified atom stereocenters. The SMILES string of the molecule is O=C(NCP(=O)(O)O)c1ccc(Br)o1. The van der Waals surface area contributed by atoms with Gasteiger partial charge in [0.15, 0.2) is 10.4 Å². The van der Waals surface area contributed by atoms with Crippen molar-refractivity contribution in [2.75, 3.05) is 6.29 Å². The Balaban J connectivity index is 2.56. The second-order valence-corrected chi connectivity index (χ2v) is 4.86. The van der Waals surface area contributed by atoms with E-state index < -0.39 is 19.8 Å². The highest BCUT2D eigenvalue weighted by molar-refractivity contribution is 9.10. The number of furan rings is 1. The van der Waals surface area contributed by atoms with Gasteiger partial charge in [-0.2, -0.15) is 0 Å². The van der Waals surface area contributed by atoms with E-state index in [1.165, 1.54) is 12.1 Å². The van der Waals surface area contributed by atoms with Crippen LogP contribution in [-0.4, -0.2) is 22.0 Å². The Morgan fingerprint density at radius 2 is 2.21 bits per heavy atom. The summed E-state index contributed by atoms with van der Waals surface area (Å²) in [4.78, 5) is 28.1. The normalized spacial score (nSPS) is 11.4. The molecule has 1 aromatic heterocycles. The Hall–Kier alpha value is -0.620. The number of nitrogens with one attached hydrogen (secondary N) is 1. The average molecular weight is 284 g/mol. The molecule has 0 fully saturated rings. The first-order chi connectivity index (χ1) is 6.38. The molecule has 14 heavy (non-hydrogen) atoms. The molecule has 1 heterocycles. The monoisotopic (exact) mass is 283 g/mol. The fourth-order valence-electron chi connectivity index (χ4n) is 0.698. The van der Waals surface area contributed by atoms with Crippen LogP contribution in [0.15, 0.2) is 21.2 Å². The lowest BCUT2D eigenvalue weighted by molar-refractivity contribution is 0.0928. The van der Waals surface area contributed by atoms with Gasteiger partial charge in [0.05, 0.1) is 0 Å². The third-order valence-corrected chi connectivity index (χ3v) is 2.24. The Kier molecular flexibility index (Phi) is 3.49. The predicted octanol–water partition coefficient (Wildman–Crippen LogP) is 0.907. The van der Waals surface area contributed by atoms with E-state index in [0.29, 0.717) is 4.67 Å². The molecule has 78 valence electrons. The molecular formula is C6H7BrNO5P. The zero-order valence-electron chi connectivity index (χ0n) is 6.81. The van der Waals surface area contributed by atoms with Crippen molar-refractivity contribution in [2.24, 2.45) is 0 Å². The fourth-order valence-corrected chi connectivity index (χ4v) is 1.35. The first-order valence-electron chi connectivity index (χ1n) is 3.46. The van der Waals surface area contributed by atoms with Crippen molar-refractivity contribution in [1.82, 2.24) is 5.32 Å². The van der Waals surface area contributed by atoms with Gasteiger partial charge in [-0.3, -0.25) is 9.36 Å². The maximum Gasteiger partial charge on any atom is 0.344 e. The van der Waals surface area contributed by atoms with Crippen LogP contribution in [0.25, 0.3) is 0 Å². The summed E-state index contributed by atoms with van der Waals surface area (Å²) >= 11 is 2.99. The summed E-state index contributed by atoms with van der Waals surface area (Å²) in [5, 5.41) is 2.04. The molecule has 0 aliphatic heterocycles. The second-order valence-electron chi connectivity index (χ2n) is 2.43. The minimum absolute atomic E-state index is 0.00896. The summed E-state index contributed by atoms with van der Waals surface area (Å²) in [7, 11) is -4.22. The summed E-state index contributed by atoms with van der Waals surface area (Å²) in [5.41, 5.74) is 0. The Bertz CT molecular complexity index is 383. The highest BCUT2D eigenvalue weighted by atomic mass is 79.9. The molecule has 0 aliphatic carbocycles. The van der Waals surface area contributed by atoms with E-state index in [0.717, 1.165) is 0 Å². The van der Waals surface area contributed by atoms with Gasteiger partial charge in [0.2, 0.25) is 0 Å². The van der Waals surface area contributed by atoms with E-state index in [9.17, 15) is 9.36 Å². The molecule has 0 atom stereocenters.